The molecule has 0 aliphatic rings. The van der Waals surface area contributed by atoms with Crippen LogP contribution in [0.1, 0.15) is 45.2 Å². The summed E-state index contributed by atoms with van der Waals surface area (Å²) in [5, 5.41) is 9.09. The normalized spacial score (nSPS) is 12.1. The van der Waals surface area contributed by atoms with Crippen LogP contribution >= 0.6 is 23.1 Å². The number of aryl methyl sites for hydroxylation is 2. The molecule has 0 saturated carbocycles. The lowest BCUT2D eigenvalue weighted by atomic mass is 10.2. The summed E-state index contributed by atoms with van der Waals surface area (Å²) >= 11 is 3.27. The van der Waals surface area contributed by atoms with Crippen molar-refractivity contribution in [3.8, 4) is 0 Å². The van der Waals surface area contributed by atoms with Gasteiger partial charge in [-0.2, -0.15) is 0 Å². The molecule has 0 bridgehead atoms. The van der Waals surface area contributed by atoms with Gasteiger partial charge in [0.05, 0.1) is 17.3 Å². The topological polar surface area (TPSA) is 55.1 Å². The van der Waals surface area contributed by atoms with Gasteiger partial charge in [-0.1, -0.05) is 23.4 Å². The lowest BCUT2D eigenvalue weighted by Crippen LogP contribution is -2.26. The molecule has 1 atom stereocenters. The summed E-state index contributed by atoms with van der Waals surface area (Å²) < 4.78 is 5.21. The zero-order valence-corrected chi connectivity index (χ0v) is 16.0. The molecule has 3 rings (SSSR count). The minimum atomic E-state index is -0.0530. The van der Waals surface area contributed by atoms with Crippen molar-refractivity contribution in [3.05, 3.63) is 69.2 Å². The molecule has 25 heavy (non-hydrogen) atoms. The largest absolute Gasteiger partial charge is 0.361 e. The maximum Gasteiger partial charge on any atom is 0.252 e. The smallest absolute Gasteiger partial charge is 0.252 e. The van der Waals surface area contributed by atoms with E-state index in [1.165, 1.54) is 0 Å². The maximum absolute atomic E-state index is 12.7. The summed E-state index contributed by atoms with van der Waals surface area (Å²) in [5.74, 6) is 1.51. The fourth-order valence-corrected chi connectivity index (χ4v) is 4.46. The third-order valence-electron chi connectivity index (χ3n) is 4.00. The van der Waals surface area contributed by atoms with Crippen LogP contribution in [-0.4, -0.2) is 11.1 Å². The number of nitrogens with one attached hydrogen (secondary N) is 1. The lowest BCUT2D eigenvalue weighted by Gasteiger charge is -2.14. The molecule has 0 aliphatic carbocycles. The van der Waals surface area contributed by atoms with E-state index in [4.69, 9.17) is 4.52 Å². The van der Waals surface area contributed by atoms with E-state index < -0.39 is 0 Å². The van der Waals surface area contributed by atoms with E-state index in [-0.39, 0.29) is 11.9 Å². The first kappa shape index (κ1) is 17.8. The number of carbonyl (C=O) groups is 1. The van der Waals surface area contributed by atoms with Crippen molar-refractivity contribution in [3.63, 3.8) is 0 Å². The van der Waals surface area contributed by atoms with Crippen molar-refractivity contribution < 1.29 is 9.32 Å². The molecule has 1 amide bonds. The number of hydrogen-bond acceptors (Lipinski definition) is 5. The van der Waals surface area contributed by atoms with Gasteiger partial charge in [0.25, 0.3) is 5.91 Å². The van der Waals surface area contributed by atoms with Gasteiger partial charge in [0, 0.05) is 21.1 Å². The Morgan fingerprint density at radius 3 is 2.76 bits per heavy atom. The Morgan fingerprint density at radius 2 is 2.08 bits per heavy atom. The number of amides is 1. The van der Waals surface area contributed by atoms with Crippen molar-refractivity contribution in [1.29, 1.82) is 0 Å². The highest BCUT2D eigenvalue weighted by Gasteiger charge is 2.16. The Bertz CT molecular complexity index is 837. The molecule has 1 N–H and O–H groups in total. The molecule has 0 saturated heterocycles. The zero-order valence-electron chi connectivity index (χ0n) is 14.4. The third kappa shape index (κ3) is 4.14. The molecule has 2 heterocycles. The predicted molar refractivity (Wildman–Crippen MR) is 102 cm³/mol. The number of thioether (sulfide) groups is 1. The van der Waals surface area contributed by atoms with E-state index in [9.17, 15) is 4.79 Å². The number of hydrogen-bond donors (Lipinski definition) is 1. The fraction of sp³-hybridized carbons (Fsp3) is 0.263. The number of benzene rings is 1. The second-order valence-electron chi connectivity index (χ2n) is 5.80. The molecule has 130 valence electrons. The number of rotatable bonds is 6. The molecule has 0 radical (unpaired) electrons. The maximum atomic E-state index is 12.7. The van der Waals surface area contributed by atoms with E-state index in [0.29, 0.717) is 5.56 Å². The predicted octanol–water partition coefficient (Wildman–Crippen LogP) is 5.14. The standard InChI is InChI=1S/C19H20N2O2S2/c1-12-16(14(3)23-21-12)11-25-18-8-5-4-7-15(18)19(22)20-13(2)17-9-6-10-24-17/h4-10,13H,11H2,1-3H3,(H,20,22). The average molecular weight is 373 g/mol. The summed E-state index contributed by atoms with van der Waals surface area (Å²) in [6.45, 7) is 5.86. The summed E-state index contributed by atoms with van der Waals surface area (Å²) in [7, 11) is 0. The van der Waals surface area contributed by atoms with Gasteiger partial charge in [0.2, 0.25) is 0 Å². The Labute approximate surface area is 155 Å². The van der Waals surface area contributed by atoms with Crippen LogP contribution in [0.15, 0.2) is 51.2 Å². The fourth-order valence-electron chi connectivity index (χ4n) is 2.52. The SMILES string of the molecule is Cc1noc(C)c1CSc1ccccc1C(=O)NC(C)c1cccs1. The monoisotopic (exact) mass is 372 g/mol. The molecule has 0 aliphatic heterocycles. The number of nitrogens with zero attached hydrogens (tertiary/aromatic N) is 1. The molecule has 0 spiro atoms. The zero-order chi connectivity index (χ0) is 17.8. The quantitative estimate of drug-likeness (QED) is 0.609. The van der Waals surface area contributed by atoms with Gasteiger partial charge in [-0.25, -0.2) is 0 Å². The van der Waals surface area contributed by atoms with Crippen molar-refractivity contribution >= 4 is 29.0 Å². The van der Waals surface area contributed by atoms with Gasteiger partial charge < -0.3 is 9.84 Å². The van der Waals surface area contributed by atoms with Gasteiger partial charge in [-0.15, -0.1) is 23.1 Å². The molecular formula is C19H20N2O2S2. The Morgan fingerprint density at radius 1 is 1.28 bits per heavy atom. The molecule has 0 fully saturated rings. The van der Waals surface area contributed by atoms with Gasteiger partial charge >= 0.3 is 0 Å². The molecule has 4 nitrogen and oxygen atoms in total. The van der Waals surface area contributed by atoms with Crippen LogP contribution in [0.4, 0.5) is 0 Å². The average Bonchev–Trinajstić information content (AvgIpc) is 3.24. The highest BCUT2D eigenvalue weighted by molar-refractivity contribution is 7.98. The first-order chi connectivity index (χ1) is 12.1. The van der Waals surface area contributed by atoms with Crippen molar-refractivity contribution in [2.75, 3.05) is 0 Å². The minimum absolute atomic E-state index is 0.00637. The Hall–Kier alpha value is -2.05. The Balaban J connectivity index is 1.73. The van der Waals surface area contributed by atoms with E-state index in [1.807, 2.05) is 62.5 Å². The molecule has 6 heteroatoms. The summed E-state index contributed by atoms with van der Waals surface area (Å²) in [4.78, 5) is 14.8. The van der Waals surface area contributed by atoms with E-state index in [2.05, 4.69) is 10.5 Å². The number of aromatic nitrogens is 1. The first-order valence-corrected chi connectivity index (χ1v) is 9.90. The summed E-state index contributed by atoms with van der Waals surface area (Å²) in [5.41, 5.74) is 2.69. The lowest BCUT2D eigenvalue weighted by molar-refractivity contribution is 0.0937. The summed E-state index contributed by atoms with van der Waals surface area (Å²) in [6, 6.07) is 11.7. The number of carbonyl (C=O) groups excluding carboxylic acids is 1. The van der Waals surface area contributed by atoms with Crippen molar-refractivity contribution in [2.24, 2.45) is 0 Å². The minimum Gasteiger partial charge on any atom is -0.361 e. The van der Waals surface area contributed by atoms with Crippen molar-refractivity contribution in [2.45, 2.75) is 37.5 Å². The Kier molecular flexibility index (Phi) is 5.60. The van der Waals surface area contributed by atoms with Crippen molar-refractivity contribution in [1.82, 2.24) is 10.5 Å². The van der Waals surface area contributed by atoms with E-state index in [1.54, 1.807) is 23.1 Å². The van der Waals surface area contributed by atoms with Crippen LogP contribution in [0, 0.1) is 13.8 Å². The molecule has 1 unspecified atom stereocenters. The van der Waals surface area contributed by atoms with Crippen LogP contribution in [0.5, 0.6) is 0 Å². The highest BCUT2D eigenvalue weighted by atomic mass is 32.2. The second kappa shape index (κ2) is 7.89. The van der Waals surface area contributed by atoms with E-state index >= 15 is 0 Å². The molecule has 2 aromatic heterocycles. The van der Waals surface area contributed by atoms with Crippen LogP contribution in [0.25, 0.3) is 0 Å². The third-order valence-corrected chi connectivity index (χ3v) is 6.16. The van der Waals surface area contributed by atoms with E-state index in [0.717, 1.165) is 32.5 Å². The summed E-state index contributed by atoms with van der Waals surface area (Å²) in [6.07, 6.45) is 0. The van der Waals surface area contributed by atoms with Gasteiger partial charge in [0.1, 0.15) is 5.76 Å². The van der Waals surface area contributed by atoms with Crippen LogP contribution in [0.2, 0.25) is 0 Å². The molecule has 1 aromatic carbocycles. The first-order valence-electron chi connectivity index (χ1n) is 8.04. The van der Waals surface area contributed by atoms with Gasteiger partial charge in [-0.3, -0.25) is 4.79 Å². The second-order valence-corrected chi connectivity index (χ2v) is 7.79. The van der Waals surface area contributed by atoms with Crippen LogP contribution in [-0.2, 0) is 5.75 Å². The van der Waals surface area contributed by atoms with Gasteiger partial charge in [0.15, 0.2) is 0 Å². The molecular weight excluding hydrogens is 352 g/mol. The van der Waals surface area contributed by atoms with Crippen LogP contribution < -0.4 is 5.32 Å². The van der Waals surface area contributed by atoms with Crippen LogP contribution in [0.3, 0.4) is 0 Å². The molecule has 3 aromatic rings. The van der Waals surface area contributed by atoms with Gasteiger partial charge in [-0.05, 0) is 44.4 Å². The highest BCUT2D eigenvalue weighted by Crippen LogP contribution is 2.29. The number of thiophene rings is 1.